The van der Waals surface area contributed by atoms with Crippen LogP contribution >= 0.6 is 0 Å². The van der Waals surface area contributed by atoms with Gasteiger partial charge >= 0.3 is 0 Å². The van der Waals surface area contributed by atoms with Crippen LogP contribution in [0.15, 0.2) is 0 Å². The van der Waals surface area contributed by atoms with Crippen molar-refractivity contribution in [3.63, 3.8) is 0 Å². The fourth-order valence-electron chi connectivity index (χ4n) is 3.49. The Morgan fingerprint density at radius 1 is 1.30 bits per heavy atom. The van der Waals surface area contributed by atoms with Crippen molar-refractivity contribution in [3.8, 4) is 0 Å². The highest BCUT2D eigenvalue weighted by Gasteiger charge is 2.27. The molecule has 0 saturated carbocycles. The molecule has 1 heterocycles. The van der Waals surface area contributed by atoms with E-state index in [-0.39, 0.29) is 12.1 Å². The van der Waals surface area contributed by atoms with Crippen molar-refractivity contribution in [2.24, 2.45) is 0 Å². The molecule has 0 aliphatic carbocycles. The fourth-order valence-corrected chi connectivity index (χ4v) is 3.49. The Labute approximate surface area is 126 Å². The van der Waals surface area contributed by atoms with Crippen LogP contribution in [0.3, 0.4) is 0 Å². The Bertz CT molecular complexity index is 251. The number of aliphatic hydroxyl groups excluding tert-OH is 1. The van der Waals surface area contributed by atoms with Gasteiger partial charge in [-0.05, 0) is 52.1 Å². The Morgan fingerprint density at radius 2 is 2.05 bits per heavy atom. The summed E-state index contributed by atoms with van der Waals surface area (Å²) >= 11 is 0. The quantitative estimate of drug-likeness (QED) is 0.718. The lowest BCUT2D eigenvalue weighted by Gasteiger charge is -2.35. The molecular formula is C17H36N2O. The standard InChI is InChI=1S/C17H36N2O/c1-5-17(14-20,18-15(2)3)11-9-13-19-12-8-6-7-10-16(19)4/h15-16,18,20H,5-14H2,1-4H3. The van der Waals surface area contributed by atoms with E-state index in [1.165, 1.54) is 45.2 Å². The zero-order chi connectivity index (χ0) is 15.0. The summed E-state index contributed by atoms with van der Waals surface area (Å²) in [7, 11) is 0. The molecule has 2 atom stereocenters. The summed E-state index contributed by atoms with van der Waals surface area (Å²) in [5.74, 6) is 0. The Kier molecular flexibility index (Phi) is 8.08. The summed E-state index contributed by atoms with van der Waals surface area (Å²) in [6, 6.07) is 1.17. The topological polar surface area (TPSA) is 35.5 Å². The summed E-state index contributed by atoms with van der Waals surface area (Å²) in [6.45, 7) is 11.6. The lowest BCUT2D eigenvalue weighted by atomic mass is 9.90. The van der Waals surface area contributed by atoms with E-state index in [1.807, 2.05) is 0 Å². The summed E-state index contributed by atoms with van der Waals surface area (Å²) in [5, 5.41) is 13.4. The van der Waals surface area contributed by atoms with Gasteiger partial charge in [0.15, 0.2) is 0 Å². The lowest BCUT2D eigenvalue weighted by molar-refractivity contribution is 0.125. The SMILES string of the molecule is CCC(CO)(CCCN1CCCCCC1C)NC(C)C. The van der Waals surface area contributed by atoms with Gasteiger partial charge in [0.05, 0.1) is 6.61 Å². The van der Waals surface area contributed by atoms with E-state index in [0.717, 1.165) is 18.9 Å². The summed E-state index contributed by atoms with van der Waals surface area (Å²) in [5.41, 5.74) is -0.0801. The van der Waals surface area contributed by atoms with Gasteiger partial charge in [0.1, 0.15) is 0 Å². The first-order chi connectivity index (χ1) is 9.53. The first-order valence-electron chi connectivity index (χ1n) is 8.65. The van der Waals surface area contributed by atoms with Gasteiger partial charge in [-0.15, -0.1) is 0 Å². The third-order valence-electron chi connectivity index (χ3n) is 4.87. The second-order valence-corrected chi connectivity index (χ2v) is 6.93. The third-order valence-corrected chi connectivity index (χ3v) is 4.87. The van der Waals surface area contributed by atoms with Crippen molar-refractivity contribution in [1.29, 1.82) is 0 Å². The van der Waals surface area contributed by atoms with Crippen molar-refractivity contribution in [2.45, 2.75) is 90.3 Å². The molecule has 0 aromatic carbocycles. The van der Waals surface area contributed by atoms with Crippen molar-refractivity contribution in [2.75, 3.05) is 19.7 Å². The molecule has 1 rings (SSSR count). The molecule has 0 amide bonds. The van der Waals surface area contributed by atoms with Gasteiger partial charge in [-0.25, -0.2) is 0 Å². The highest BCUT2D eigenvalue weighted by molar-refractivity contribution is 4.88. The van der Waals surface area contributed by atoms with Crippen molar-refractivity contribution in [3.05, 3.63) is 0 Å². The van der Waals surface area contributed by atoms with Crippen LogP contribution in [0.5, 0.6) is 0 Å². The molecule has 1 saturated heterocycles. The molecule has 3 nitrogen and oxygen atoms in total. The number of likely N-dealkylation sites (tertiary alicyclic amines) is 1. The monoisotopic (exact) mass is 284 g/mol. The van der Waals surface area contributed by atoms with Gasteiger partial charge in [-0.1, -0.05) is 33.6 Å². The zero-order valence-electron chi connectivity index (χ0n) is 14.1. The minimum atomic E-state index is -0.0801. The normalized spacial score (nSPS) is 24.6. The lowest BCUT2D eigenvalue weighted by Crippen LogP contribution is -2.51. The summed E-state index contributed by atoms with van der Waals surface area (Å²) in [6.07, 6.45) is 8.74. The van der Waals surface area contributed by atoms with Crippen LogP contribution in [-0.2, 0) is 0 Å². The van der Waals surface area contributed by atoms with Crippen LogP contribution in [0.1, 0.15) is 72.6 Å². The largest absolute Gasteiger partial charge is 0.394 e. The summed E-state index contributed by atoms with van der Waals surface area (Å²) < 4.78 is 0. The van der Waals surface area contributed by atoms with Gasteiger partial charge in [0.25, 0.3) is 0 Å². The van der Waals surface area contributed by atoms with Gasteiger partial charge in [0.2, 0.25) is 0 Å². The molecular weight excluding hydrogens is 248 g/mol. The number of nitrogens with zero attached hydrogens (tertiary/aromatic N) is 1. The first kappa shape index (κ1) is 17.9. The summed E-state index contributed by atoms with van der Waals surface area (Å²) in [4.78, 5) is 2.65. The van der Waals surface area contributed by atoms with E-state index in [9.17, 15) is 5.11 Å². The third kappa shape index (κ3) is 5.71. The predicted octanol–water partition coefficient (Wildman–Crippen LogP) is 3.17. The van der Waals surface area contributed by atoms with E-state index in [2.05, 4.69) is 37.9 Å². The van der Waals surface area contributed by atoms with E-state index >= 15 is 0 Å². The van der Waals surface area contributed by atoms with Gasteiger partial charge < -0.3 is 15.3 Å². The molecule has 1 aliphatic heterocycles. The van der Waals surface area contributed by atoms with Crippen molar-refractivity contribution >= 4 is 0 Å². The van der Waals surface area contributed by atoms with Crippen molar-refractivity contribution < 1.29 is 5.11 Å². The maximum absolute atomic E-state index is 9.78. The van der Waals surface area contributed by atoms with Gasteiger partial charge in [0, 0.05) is 17.6 Å². The zero-order valence-corrected chi connectivity index (χ0v) is 14.1. The van der Waals surface area contributed by atoms with E-state index < -0.39 is 0 Å². The van der Waals surface area contributed by atoms with Crippen LogP contribution in [0.2, 0.25) is 0 Å². The van der Waals surface area contributed by atoms with Crippen LogP contribution in [0, 0.1) is 0 Å². The molecule has 0 aromatic rings. The number of hydrogen-bond donors (Lipinski definition) is 2. The highest BCUT2D eigenvalue weighted by atomic mass is 16.3. The van der Waals surface area contributed by atoms with Gasteiger partial charge in [-0.2, -0.15) is 0 Å². The average molecular weight is 284 g/mol. The fraction of sp³-hybridized carbons (Fsp3) is 1.00. The van der Waals surface area contributed by atoms with Crippen LogP contribution in [0.4, 0.5) is 0 Å². The smallest absolute Gasteiger partial charge is 0.0613 e. The van der Waals surface area contributed by atoms with Gasteiger partial charge in [-0.3, -0.25) is 0 Å². The molecule has 1 aliphatic rings. The molecule has 0 spiro atoms. The second kappa shape index (κ2) is 9.01. The van der Waals surface area contributed by atoms with E-state index in [4.69, 9.17) is 0 Å². The maximum atomic E-state index is 9.78. The first-order valence-corrected chi connectivity index (χ1v) is 8.65. The molecule has 2 unspecified atom stereocenters. The van der Waals surface area contributed by atoms with E-state index in [1.54, 1.807) is 0 Å². The maximum Gasteiger partial charge on any atom is 0.0613 e. The molecule has 0 radical (unpaired) electrons. The number of nitrogens with one attached hydrogen (secondary N) is 1. The predicted molar refractivity (Wildman–Crippen MR) is 87.1 cm³/mol. The molecule has 3 heteroatoms. The number of rotatable bonds is 8. The van der Waals surface area contributed by atoms with Crippen molar-refractivity contribution in [1.82, 2.24) is 10.2 Å². The Hall–Kier alpha value is -0.120. The highest BCUT2D eigenvalue weighted by Crippen LogP contribution is 2.21. The second-order valence-electron chi connectivity index (χ2n) is 6.93. The Balaban J connectivity index is 2.42. The molecule has 0 aromatic heterocycles. The van der Waals surface area contributed by atoms with Crippen LogP contribution in [0.25, 0.3) is 0 Å². The molecule has 20 heavy (non-hydrogen) atoms. The molecule has 120 valence electrons. The molecule has 0 bridgehead atoms. The number of aliphatic hydroxyl groups is 1. The van der Waals surface area contributed by atoms with Crippen LogP contribution < -0.4 is 5.32 Å². The average Bonchev–Trinajstić information content (AvgIpc) is 2.62. The van der Waals surface area contributed by atoms with E-state index in [0.29, 0.717) is 6.04 Å². The molecule has 1 fully saturated rings. The molecule has 2 N–H and O–H groups in total. The number of hydrogen-bond acceptors (Lipinski definition) is 3. The minimum absolute atomic E-state index is 0.0801. The van der Waals surface area contributed by atoms with Crippen LogP contribution in [-0.4, -0.2) is 47.3 Å². The Morgan fingerprint density at radius 3 is 2.65 bits per heavy atom. The minimum Gasteiger partial charge on any atom is -0.394 e.